The van der Waals surface area contributed by atoms with Crippen LogP contribution in [0.2, 0.25) is 0 Å². The minimum Gasteiger partial charge on any atom is -0.461 e. The number of rotatable bonds is 4. The Morgan fingerprint density at radius 2 is 1.92 bits per heavy atom. The summed E-state index contributed by atoms with van der Waals surface area (Å²) in [5, 5.41) is 0. The molecular formula is C6H9Br3O3. The molecule has 0 aliphatic carbocycles. The summed E-state index contributed by atoms with van der Waals surface area (Å²) in [6.07, 6.45) is 0. The van der Waals surface area contributed by atoms with Crippen LogP contribution in [0.3, 0.4) is 0 Å². The molecule has 0 saturated heterocycles. The number of esters is 1. The average Bonchev–Trinajstić information content (AvgIpc) is 1.96. The van der Waals surface area contributed by atoms with Crippen molar-refractivity contribution in [2.45, 2.75) is 9.07 Å². The van der Waals surface area contributed by atoms with E-state index in [1.165, 1.54) is 0 Å². The van der Waals surface area contributed by atoms with E-state index in [0.29, 0.717) is 13.2 Å². The molecule has 0 unspecified atom stereocenters. The smallest absolute Gasteiger partial charge is 0.345 e. The van der Waals surface area contributed by atoms with Gasteiger partial charge in [-0.3, -0.25) is 0 Å². The van der Waals surface area contributed by atoms with Gasteiger partial charge in [-0.1, -0.05) is 0 Å². The molecule has 12 heavy (non-hydrogen) atoms. The zero-order valence-electron chi connectivity index (χ0n) is 6.48. The lowest BCUT2D eigenvalue weighted by Crippen LogP contribution is -2.22. The van der Waals surface area contributed by atoms with Crippen molar-refractivity contribution in [2.75, 3.05) is 19.8 Å². The van der Waals surface area contributed by atoms with Crippen molar-refractivity contribution in [1.29, 1.82) is 0 Å². The molecule has 0 spiro atoms. The fourth-order valence-electron chi connectivity index (χ4n) is 0.419. The summed E-state index contributed by atoms with van der Waals surface area (Å²) in [5.41, 5.74) is 0. The molecule has 0 saturated carbocycles. The Bertz CT molecular complexity index is 143. The Hall–Kier alpha value is 0.870. The second-order valence-electron chi connectivity index (χ2n) is 1.83. The van der Waals surface area contributed by atoms with E-state index < -0.39 is 8.11 Å². The van der Waals surface area contributed by atoms with E-state index in [0.717, 1.165) is 0 Å². The third-order valence-electron chi connectivity index (χ3n) is 0.896. The summed E-state index contributed by atoms with van der Waals surface area (Å²) >= 11 is 9.09. The van der Waals surface area contributed by atoms with Crippen molar-refractivity contribution in [1.82, 2.24) is 0 Å². The lowest BCUT2D eigenvalue weighted by atomic mass is 10.7. The molecule has 6 heteroatoms. The van der Waals surface area contributed by atoms with Gasteiger partial charge in [-0.2, -0.15) is 0 Å². The summed E-state index contributed by atoms with van der Waals surface area (Å²) in [4.78, 5) is 11.0. The van der Waals surface area contributed by atoms with Crippen LogP contribution < -0.4 is 0 Å². The second kappa shape index (κ2) is 6.34. The number of hydrogen-bond donors (Lipinski definition) is 0. The number of halogens is 3. The van der Waals surface area contributed by atoms with Crippen LogP contribution in [0.1, 0.15) is 6.92 Å². The molecule has 0 aromatic heterocycles. The maximum absolute atomic E-state index is 11.0. The van der Waals surface area contributed by atoms with E-state index in [9.17, 15) is 4.79 Å². The van der Waals surface area contributed by atoms with Gasteiger partial charge in [0.25, 0.3) is 0 Å². The van der Waals surface area contributed by atoms with E-state index >= 15 is 0 Å². The van der Waals surface area contributed by atoms with Gasteiger partial charge in [-0.05, 0) is 54.7 Å². The minimum absolute atomic E-state index is 0.261. The van der Waals surface area contributed by atoms with Gasteiger partial charge in [-0.25, -0.2) is 4.79 Å². The Morgan fingerprint density at radius 3 is 2.33 bits per heavy atom. The van der Waals surface area contributed by atoms with Gasteiger partial charge >= 0.3 is 5.97 Å². The van der Waals surface area contributed by atoms with Crippen LogP contribution in [0.25, 0.3) is 0 Å². The third-order valence-corrected chi connectivity index (χ3v) is 1.87. The molecule has 0 amide bonds. The van der Waals surface area contributed by atoms with Crippen LogP contribution in [-0.2, 0) is 14.3 Å². The van der Waals surface area contributed by atoms with Gasteiger partial charge < -0.3 is 9.47 Å². The normalized spacial score (nSPS) is 11.3. The lowest BCUT2D eigenvalue weighted by molar-refractivity contribution is -0.143. The topological polar surface area (TPSA) is 35.5 Å². The Kier molecular flexibility index (Phi) is 6.80. The van der Waals surface area contributed by atoms with Gasteiger partial charge in [0.15, 0.2) is 0 Å². The molecule has 0 aromatic rings. The van der Waals surface area contributed by atoms with Crippen LogP contribution in [-0.4, -0.2) is 27.9 Å². The average molecular weight is 369 g/mol. The maximum Gasteiger partial charge on any atom is 0.345 e. The zero-order valence-corrected chi connectivity index (χ0v) is 11.2. The van der Waals surface area contributed by atoms with Gasteiger partial charge in [0.05, 0.1) is 6.61 Å². The van der Waals surface area contributed by atoms with E-state index in [1.807, 2.05) is 6.92 Å². The first-order chi connectivity index (χ1) is 5.48. The quantitative estimate of drug-likeness (QED) is 0.434. The number of hydrogen-bond acceptors (Lipinski definition) is 3. The molecule has 0 aromatic carbocycles. The molecule has 0 rings (SSSR count). The fourth-order valence-corrected chi connectivity index (χ4v) is 0.763. The number of ether oxygens (including phenoxy) is 2. The van der Waals surface area contributed by atoms with Crippen LogP contribution in [0, 0.1) is 0 Å². The predicted molar refractivity (Wildman–Crippen MR) is 57.0 cm³/mol. The fraction of sp³-hybridized carbons (Fsp3) is 0.833. The summed E-state index contributed by atoms with van der Waals surface area (Å²) in [7, 11) is 0. The minimum atomic E-state index is -0.973. The van der Waals surface area contributed by atoms with Crippen molar-refractivity contribution < 1.29 is 14.3 Å². The molecule has 0 N–H and O–H groups in total. The molecule has 3 nitrogen and oxygen atoms in total. The highest BCUT2D eigenvalue weighted by atomic mass is 80.0. The molecular weight excluding hydrogens is 360 g/mol. The molecule has 0 aliphatic heterocycles. The van der Waals surface area contributed by atoms with Crippen molar-refractivity contribution in [3.05, 3.63) is 0 Å². The van der Waals surface area contributed by atoms with Crippen molar-refractivity contribution in [3.63, 3.8) is 0 Å². The SMILES string of the molecule is CCOCCOC(=O)C(Br)(Br)Br. The molecule has 72 valence electrons. The number of alkyl halides is 3. The number of carbonyl (C=O) groups excluding carboxylic acids is 1. The zero-order chi connectivity index (χ0) is 9.61. The standard InChI is InChI=1S/C6H9Br3O3/c1-2-11-3-4-12-5(10)6(7,8)9/h2-4H2,1H3. The van der Waals surface area contributed by atoms with Crippen LogP contribution in [0.5, 0.6) is 0 Å². The van der Waals surface area contributed by atoms with Crippen molar-refractivity contribution >= 4 is 53.8 Å². The Morgan fingerprint density at radius 1 is 1.33 bits per heavy atom. The first-order valence-electron chi connectivity index (χ1n) is 3.30. The Balaban J connectivity index is 3.45. The van der Waals surface area contributed by atoms with Gasteiger partial charge in [0.2, 0.25) is 2.14 Å². The monoisotopic (exact) mass is 366 g/mol. The summed E-state index contributed by atoms with van der Waals surface area (Å²) < 4.78 is 8.80. The summed E-state index contributed by atoms with van der Waals surface area (Å²) in [6.45, 7) is 3.19. The summed E-state index contributed by atoms with van der Waals surface area (Å²) in [6, 6.07) is 0. The van der Waals surface area contributed by atoms with E-state index in [2.05, 4.69) is 47.8 Å². The van der Waals surface area contributed by atoms with Gasteiger partial charge in [-0.15, -0.1) is 0 Å². The highest BCUT2D eigenvalue weighted by Crippen LogP contribution is 2.34. The molecule has 0 fully saturated rings. The first kappa shape index (κ1) is 12.9. The molecule has 0 atom stereocenters. The molecule has 0 bridgehead atoms. The lowest BCUT2D eigenvalue weighted by Gasteiger charge is -2.11. The summed E-state index contributed by atoms with van der Waals surface area (Å²) in [5.74, 6) is -0.429. The highest BCUT2D eigenvalue weighted by Gasteiger charge is 2.30. The number of carbonyl (C=O) groups is 1. The van der Waals surface area contributed by atoms with E-state index in [1.54, 1.807) is 0 Å². The van der Waals surface area contributed by atoms with Gasteiger partial charge in [0, 0.05) is 6.61 Å². The molecule has 0 heterocycles. The maximum atomic E-state index is 11.0. The highest BCUT2D eigenvalue weighted by molar-refractivity contribution is 9.40. The molecule has 0 aliphatic rings. The third kappa shape index (κ3) is 6.39. The van der Waals surface area contributed by atoms with Crippen LogP contribution in [0.15, 0.2) is 0 Å². The van der Waals surface area contributed by atoms with Crippen molar-refractivity contribution in [3.8, 4) is 0 Å². The largest absolute Gasteiger partial charge is 0.461 e. The Labute approximate surface area is 96.6 Å². The van der Waals surface area contributed by atoms with E-state index in [-0.39, 0.29) is 6.61 Å². The molecule has 0 radical (unpaired) electrons. The van der Waals surface area contributed by atoms with Crippen LogP contribution >= 0.6 is 47.8 Å². The predicted octanol–water partition coefficient (Wildman–Crippen LogP) is 2.40. The van der Waals surface area contributed by atoms with Crippen molar-refractivity contribution in [2.24, 2.45) is 0 Å². The second-order valence-corrected chi connectivity index (χ2v) is 8.59. The van der Waals surface area contributed by atoms with Crippen LogP contribution in [0.4, 0.5) is 0 Å². The van der Waals surface area contributed by atoms with Gasteiger partial charge in [0.1, 0.15) is 6.61 Å². The van der Waals surface area contributed by atoms with E-state index in [4.69, 9.17) is 9.47 Å². The first-order valence-corrected chi connectivity index (χ1v) is 5.68.